The van der Waals surface area contributed by atoms with E-state index in [4.69, 9.17) is 4.74 Å². The van der Waals surface area contributed by atoms with E-state index in [2.05, 4.69) is 5.32 Å². The van der Waals surface area contributed by atoms with Gasteiger partial charge < -0.3 is 15.0 Å². The zero-order valence-electron chi connectivity index (χ0n) is 12.4. The highest BCUT2D eigenvalue weighted by Crippen LogP contribution is 2.20. The molecule has 1 N–H and O–H groups in total. The van der Waals surface area contributed by atoms with Gasteiger partial charge in [-0.1, -0.05) is 18.2 Å². The second-order valence-electron chi connectivity index (χ2n) is 5.29. The number of benzene rings is 1. The molecule has 4 nitrogen and oxygen atoms in total. The van der Waals surface area contributed by atoms with Crippen LogP contribution in [0.3, 0.4) is 0 Å². The number of para-hydroxylation sites is 1. The molecule has 110 valence electrons. The summed E-state index contributed by atoms with van der Waals surface area (Å²) in [5.41, 5.74) is 1.06. The summed E-state index contributed by atoms with van der Waals surface area (Å²) in [5.74, 6) is 1.06. The Kier molecular flexibility index (Phi) is 5.41. The summed E-state index contributed by atoms with van der Waals surface area (Å²) in [4.78, 5) is 14.0. The van der Waals surface area contributed by atoms with Crippen LogP contribution in [0.4, 0.5) is 0 Å². The average molecular weight is 276 g/mol. The summed E-state index contributed by atoms with van der Waals surface area (Å²) in [7, 11) is 1.86. The lowest BCUT2D eigenvalue weighted by molar-refractivity contribution is -0.130. The quantitative estimate of drug-likeness (QED) is 0.866. The van der Waals surface area contributed by atoms with Crippen LogP contribution in [0.5, 0.6) is 5.75 Å². The molecule has 1 unspecified atom stereocenters. The summed E-state index contributed by atoms with van der Waals surface area (Å²) < 4.78 is 5.60. The number of nitrogens with zero attached hydrogens (tertiary/aromatic N) is 1. The molecule has 1 fully saturated rings. The molecule has 1 aliphatic heterocycles. The molecule has 1 aromatic rings. The van der Waals surface area contributed by atoms with Crippen molar-refractivity contribution in [1.82, 2.24) is 10.2 Å². The van der Waals surface area contributed by atoms with E-state index < -0.39 is 0 Å². The second kappa shape index (κ2) is 7.29. The molecule has 1 atom stereocenters. The summed E-state index contributed by atoms with van der Waals surface area (Å²) in [6.07, 6.45) is 2.87. The van der Waals surface area contributed by atoms with Gasteiger partial charge in [0.2, 0.25) is 5.91 Å². The Morgan fingerprint density at radius 2 is 2.25 bits per heavy atom. The van der Waals surface area contributed by atoms with Crippen molar-refractivity contribution < 1.29 is 9.53 Å². The van der Waals surface area contributed by atoms with Crippen molar-refractivity contribution in [2.75, 3.05) is 20.2 Å². The Morgan fingerprint density at radius 3 is 2.95 bits per heavy atom. The Bertz CT molecular complexity index is 442. The maximum absolute atomic E-state index is 12.2. The summed E-state index contributed by atoms with van der Waals surface area (Å²) in [6, 6.07) is 8.26. The lowest BCUT2D eigenvalue weighted by atomic mass is 10.1. The highest BCUT2D eigenvalue weighted by atomic mass is 16.5. The van der Waals surface area contributed by atoms with E-state index in [0.717, 1.165) is 24.3 Å². The van der Waals surface area contributed by atoms with Gasteiger partial charge in [-0.05, 0) is 32.4 Å². The van der Waals surface area contributed by atoms with E-state index in [1.807, 2.05) is 38.2 Å². The van der Waals surface area contributed by atoms with Crippen LogP contribution in [0.15, 0.2) is 24.3 Å². The van der Waals surface area contributed by atoms with Crippen molar-refractivity contribution in [1.29, 1.82) is 0 Å². The summed E-state index contributed by atoms with van der Waals surface area (Å²) in [5, 5.41) is 3.37. The topological polar surface area (TPSA) is 41.6 Å². The Morgan fingerprint density at radius 1 is 1.45 bits per heavy atom. The molecule has 0 bridgehead atoms. The first-order valence-electron chi connectivity index (χ1n) is 7.38. The molecule has 0 aliphatic carbocycles. The fourth-order valence-corrected chi connectivity index (χ4v) is 2.57. The smallest absolute Gasteiger partial charge is 0.224 e. The molecule has 0 radical (unpaired) electrons. The van der Waals surface area contributed by atoms with Crippen LogP contribution in [0.2, 0.25) is 0 Å². The Hall–Kier alpha value is -1.55. The lowest BCUT2D eigenvalue weighted by Gasteiger charge is -2.21. The van der Waals surface area contributed by atoms with Gasteiger partial charge in [0.15, 0.2) is 0 Å². The number of rotatable bonds is 6. The predicted octanol–water partition coefficient (Wildman–Crippen LogP) is 2.19. The van der Waals surface area contributed by atoms with Gasteiger partial charge in [0.05, 0.1) is 6.61 Å². The standard InChI is InChI=1S/C16H24N2O2/c1-3-20-15-9-5-4-7-13(15)12-18(2)16(19)11-14-8-6-10-17-14/h4-5,7,9,14,17H,3,6,8,10-12H2,1-2H3. The third-order valence-electron chi connectivity index (χ3n) is 3.69. The Balaban J connectivity index is 1.92. The largest absolute Gasteiger partial charge is 0.494 e. The van der Waals surface area contributed by atoms with Gasteiger partial charge in [-0.2, -0.15) is 0 Å². The van der Waals surface area contributed by atoms with Crippen molar-refractivity contribution in [2.45, 2.75) is 38.8 Å². The van der Waals surface area contributed by atoms with Crippen LogP contribution in [-0.2, 0) is 11.3 Å². The van der Waals surface area contributed by atoms with Gasteiger partial charge in [-0.3, -0.25) is 4.79 Å². The highest BCUT2D eigenvalue weighted by molar-refractivity contribution is 5.76. The highest BCUT2D eigenvalue weighted by Gasteiger charge is 2.20. The molecule has 1 saturated heterocycles. The van der Waals surface area contributed by atoms with Gasteiger partial charge in [-0.25, -0.2) is 0 Å². The van der Waals surface area contributed by atoms with Gasteiger partial charge in [-0.15, -0.1) is 0 Å². The van der Waals surface area contributed by atoms with Crippen LogP contribution < -0.4 is 10.1 Å². The average Bonchev–Trinajstić information content (AvgIpc) is 2.94. The molecule has 1 amide bonds. The number of carbonyl (C=O) groups is 1. The van der Waals surface area contributed by atoms with Gasteiger partial charge >= 0.3 is 0 Å². The monoisotopic (exact) mass is 276 g/mol. The third kappa shape index (κ3) is 3.97. The number of nitrogens with one attached hydrogen (secondary N) is 1. The van der Waals surface area contributed by atoms with E-state index in [1.54, 1.807) is 4.90 Å². The zero-order chi connectivity index (χ0) is 14.4. The SMILES string of the molecule is CCOc1ccccc1CN(C)C(=O)CC1CCCN1. The van der Waals surface area contributed by atoms with E-state index in [0.29, 0.717) is 25.6 Å². The van der Waals surface area contributed by atoms with Crippen molar-refractivity contribution >= 4 is 5.91 Å². The van der Waals surface area contributed by atoms with E-state index in [9.17, 15) is 4.79 Å². The fourth-order valence-electron chi connectivity index (χ4n) is 2.57. The molecule has 2 rings (SSSR count). The third-order valence-corrected chi connectivity index (χ3v) is 3.69. The van der Waals surface area contributed by atoms with Gasteiger partial charge in [0.1, 0.15) is 5.75 Å². The normalized spacial score (nSPS) is 18.0. The zero-order valence-corrected chi connectivity index (χ0v) is 12.4. The molecule has 0 saturated carbocycles. The first kappa shape index (κ1) is 14.9. The number of hydrogen-bond donors (Lipinski definition) is 1. The van der Waals surface area contributed by atoms with Gasteiger partial charge in [0, 0.05) is 31.6 Å². The first-order valence-corrected chi connectivity index (χ1v) is 7.38. The van der Waals surface area contributed by atoms with Crippen LogP contribution in [-0.4, -0.2) is 37.0 Å². The molecule has 20 heavy (non-hydrogen) atoms. The van der Waals surface area contributed by atoms with Crippen molar-refractivity contribution in [3.8, 4) is 5.75 Å². The number of amides is 1. The van der Waals surface area contributed by atoms with E-state index >= 15 is 0 Å². The molecule has 1 aromatic carbocycles. The van der Waals surface area contributed by atoms with Crippen molar-refractivity contribution in [3.05, 3.63) is 29.8 Å². The van der Waals surface area contributed by atoms with Gasteiger partial charge in [0.25, 0.3) is 0 Å². The molecular weight excluding hydrogens is 252 g/mol. The second-order valence-corrected chi connectivity index (χ2v) is 5.29. The lowest BCUT2D eigenvalue weighted by Crippen LogP contribution is -2.33. The first-order chi connectivity index (χ1) is 9.70. The predicted molar refractivity (Wildman–Crippen MR) is 79.7 cm³/mol. The summed E-state index contributed by atoms with van der Waals surface area (Å²) >= 11 is 0. The van der Waals surface area contributed by atoms with E-state index in [1.165, 1.54) is 6.42 Å². The minimum Gasteiger partial charge on any atom is -0.494 e. The number of ether oxygens (including phenoxy) is 1. The maximum atomic E-state index is 12.2. The van der Waals surface area contributed by atoms with Crippen LogP contribution >= 0.6 is 0 Å². The Labute approximate surface area is 121 Å². The van der Waals surface area contributed by atoms with E-state index in [-0.39, 0.29) is 5.91 Å². The molecular formula is C16H24N2O2. The molecule has 0 aromatic heterocycles. The summed E-state index contributed by atoms with van der Waals surface area (Å²) in [6.45, 7) is 4.24. The van der Waals surface area contributed by atoms with Crippen LogP contribution in [0.1, 0.15) is 31.7 Å². The van der Waals surface area contributed by atoms with Crippen LogP contribution in [0, 0.1) is 0 Å². The van der Waals surface area contributed by atoms with Crippen LogP contribution in [0.25, 0.3) is 0 Å². The molecule has 0 spiro atoms. The van der Waals surface area contributed by atoms with Crippen molar-refractivity contribution in [3.63, 3.8) is 0 Å². The van der Waals surface area contributed by atoms with Crippen molar-refractivity contribution in [2.24, 2.45) is 0 Å². The fraction of sp³-hybridized carbons (Fsp3) is 0.562. The number of hydrogen-bond acceptors (Lipinski definition) is 3. The number of carbonyl (C=O) groups excluding carboxylic acids is 1. The minimum absolute atomic E-state index is 0.190. The minimum atomic E-state index is 0.190. The maximum Gasteiger partial charge on any atom is 0.224 e. The molecule has 1 aliphatic rings. The molecule has 4 heteroatoms. The molecule has 1 heterocycles.